The molecule has 0 saturated heterocycles. The highest BCUT2D eigenvalue weighted by molar-refractivity contribution is 5.97. The molecule has 1 unspecified atom stereocenters. The molecule has 0 spiro atoms. The van der Waals surface area contributed by atoms with Gasteiger partial charge in [-0.25, -0.2) is 0 Å². The third-order valence-electron chi connectivity index (χ3n) is 4.27. The monoisotopic (exact) mass is 327 g/mol. The van der Waals surface area contributed by atoms with E-state index in [4.69, 9.17) is 4.52 Å². The van der Waals surface area contributed by atoms with Crippen molar-refractivity contribution in [3.8, 4) is 0 Å². The first-order chi connectivity index (χ1) is 11.6. The SMILES string of the molecule is Cc1cc(NC(=O)C(Cc2ccccc2)NC(=O)C2CCC2)no1. The highest BCUT2D eigenvalue weighted by Gasteiger charge is 2.29. The van der Waals surface area contributed by atoms with Gasteiger partial charge in [-0.15, -0.1) is 0 Å². The zero-order chi connectivity index (χ0) is 16.9. The molecule has 0 aliphatic heterocycles. The van der Waals surface area contributed by atoms with E-state index >= 15 is 0 Å². The Morgan fingerprint density at radius 3 is 2.62 bits per heavy atom. The molecular weight excluding hydrogens is 306 g/mol. The number of hydrogen-bond donors (Lipinski definition) is 2. The molecule has 0 radical (unpaired) electrons. The summed E-state index contributed by atoms with van der Waals surface area (Å²) in [5.41, 5.74) is 0.989. The molecule has 2 N–H and O–H groups in total. The van der Waals surface area contributed by atoms with Crippen molar-refractivity contribution in [3.05, 3.63) is 47.7 Å². The van der Waals surface area contributed by atoms with Gasteiger partial charge >= 0.3 is 0 Å². The van der Waals surface area contributed by atoms with Gasteiger partial charge in [0.25, 0.3) is 0 Å². The van der Waals surface area contributed by atoms with Gasteiger partial charge < -0.3 is 15.2 Å². The fourth-order valence-electron chi connectivity index (χ4n) is 2.66. The minimum Gasteiger partial charge on any atom is -0.360 e. The van der Waals surface area contributed by atoms with Crippen LogP contribution in [0.2, 0.25) is 0 Å². The van der Waals surface area contributed by atoms with Gasteiger partial charge in [0.1, 0.15) is 11.8 Å². The maximum Gasteiger partial charge on any atom is 0.248 e. The van der Waals surface area contributed by atoms with E-state index in [2.05, 4.69) is 15.8 Å². The normalized spacial score (nSPS) is 15.4. The van der Waals surface area contributed by atoms with Crippen LogP contribution in [0.5, 0.6) is 0 Å². The van der Waals surface area contributed by atoms with Crippen molar-refractivity contribution < 1.29 is 14.1 Å². The molecule has 0 bridgehead atoms. The van der Waals surface area contributed by atoms with Gasteiger partial charge in [-0.1, -0.05) is 41.9 Å². The summed E-state index contributed by atoms with van der Waals surface area (Å²) in [5, 5.41) is 9.36. The van der Waals surface area contributed by atoms with E-state index in [1.54, 1.807) is 13.0 Å². The highest BCUT2D eigenvalue weighted by atomic mass is 16.5. The number of aryl methyl sites for hydroxylation is 1. The van der Waals surface area contributed by atoms with Crippen LogP contribution in [0.25, 0.3) is 0 Å². The first-order valence-electron chi connectivity index (χ1n) is 8.20. The number of hydrogen-bond acceptors (Lipinski definition) is 4. The number of benzene rings is 1. The molecular formula is C18H21N3O3. The van der Waals surface area contributed by atoms with E-state index in [9.17, 15) is 9.59 Å². The molecule has 126 valence electrons. The average molecular weight is 327 g/mol. The Hall–Kier alpha value is -2.63. The number of rotatable bonds is 6. The van der Waals surface area contributed by atoms with Crippen molar-refractivity contribution in [2.45, 2.75) is 38.6 Å². The van der Waals surface area contributed by atoms with E-state index in [-0.39, 0.29) is 17.7 Å². The molecule has 6 nitrogen and oxygen atoms in total. The number of aromatic nitrogens is 1. The fraction of sp³-hybridized carbons (Fsp3) is 0.389. The summed E-state index contributed by atoms with van der Waals surface area (Å²) < 4.78 is 4.96. The van der Waals surface area contributed by atoms with Crippen molar-refractivity contribution in [1.82, 2.24) is 10.5 Å². The summed E-state index contributed by atoms with van der Waals surface area (Å²) in [6, 6.07) is 10.6. The van der Waals surface area contributed by atoms with Gasteiger partial charge in [-0.05, 0) is 25.3 Å². The van der Waals surface area contributed by atoms with Crippen LogP contribution in [0.4, 0.5) is 5.82 Å². The Balaban J connectivity index is 1.69. The van der Waals surface area contributed by atoms with Gasteiger partial charge in [-0.2, -0.15) is 0 Å². The lowest BCUT2D eigenvalue weighted by Gasteiger charge is -2.27. The summed E-state index contributed by atoms with van der Waals surface area (Å²) in [6.07, 6.45) is 3.30. The lowest BCUT2D eigenvalue weighted by atomic mass is 9.84. The summed E-state index contributed by atoms with van der Waals surface area (Å²) in [6.45, 7) is 1.75. The number of amides is 2. The van der Waals surface area contributed by atoms with Gasteiger partial charge in [-0.3, -0.25) is 9.59 Å². The zero-order valence-corrected chi connectivity index (χ0v) is 13.6. The lowest BCUT2D eigenvalue weighted by molar-refractivity contribution is -0.131. The van der Waals surface area contributed by atoms with Crippen molar-refractivity contribution in [2.75, 3.05) is 5.32 Å². The van der Waals surface area contributed by atoms with E-state index in [0.29, 0.717) is 18.0 Å². The number of nitrogens with zero attached hydrogens (tertiary/aromatic N) is 1. The van der Waals surface area contributed by atoms with E-state index < -0.39 is 6.04 Å². The van der Waals surface area contributed by atoms with Crippen LogP contribution in [0.3, 0.4) is 0 Å². The van der Waals surface area contributed by atoms with E-state index in [1.807, 2.05) is 30.3 Å². The van der Waals surface area contributed by atoms with Crippen LogP contribution in [0.1, 0.15) is 30.6 Å². The number of anilines is 1. The third-order valence-corrected chi connectivity index (χ3v) is 4.27. The highest BCUT2D eigenvalue weighted by Crippen LogP contribution is 2.26. The minimum atomic E-state index is -0.641. The number of carbonyl (C=O) groups excluding carboxylic acids is 2. The average Bonchev–Trinajstić information content (AvgIpc) is 2.91. The van der Waals surface area contributed by atoms with Gasteiger partial charge in [0, 0.05) is 18.4 Å². The molecule has 3 rings (SSSR count). The molecule has 1 aromatic heterocycles. The maximum atomic E-state index is 12.6. The quantitative estimate of drug-likeness (QED) is 0.853. The topological polar surface area (TPSA) is 84.2 Å². The molecule has 1 saturated carbocycles. The van der Waals surface area contributed by atoms with E-state index in [0.717, 1.165) is 24.8 Å². The summed E-state index contributed by atoms with van der Waals surface area (Å²) >= 11 is 0. The Morgan fingerprint density at radius 1 is 1.29 bits per heavy atom. The van der Waals surface area contributed by atoms with Crippen LogP contribution >= 0.6 is 0 Å². The molecule has 1 aliphatic carbocycles. The van der Waals surface area contributed by atoms with Crippen molar-refractivity contribution in [1.29, 1.82) is 0 Å². The molecule has 1 aliphatic rings. The Bertz CT molecular complexity index is 707. The fourth-order valence-corrected chi connectivity index (χ4v) is 2.66. The molecule has 1 aromatic carbocycles. The Labute approximate surface area is 140 Å². The molecule has 2 aromatic rings. The predicted molar refractivity (Wildman–Crippen MR) is 89.3 cm³/mol. The lowest BCUT2D eigenvalue weighted by Crippen LogP contribution is -2.48. The van der Waals surface area contributed by atoms with Crippen LogP contribution in [-0.4, -0.2) is 23.0 Å². The zero-order valence-electron chi connectivity index (χ0n) is 13.6. The van der Waals surface area contributed by atoms with Gasteiger partial charge in [0.05, 0.1) is 0 Å². The third kappa shape index (κ3) is 4.01. The minimum absolute atomic E-state index is 0.0327. The first kappa shape index (κ1) is 16.2. The van der Waals surface area contributed by atoms with Gasteiger partial charge in [0.15, 0.2) is 5.82 Å². The maximum absolute atomic E-state index is 12.6. The van der Waals surface area contributed by atoms with E-state index in [1.165, 1.54) is 0 Å². The van der Waals surface area contributed by atoms with Crippen LogP contribution in [0, 0.1) is 12.8 Å². The van der Waals surface area contributed by atoms with Crippen molar-refractivity contribution in [3.63, 3.8) is 0 Å². The smallest absolute Gasteiger partial charge is 0.248 e. The Morgan fingerprint density at radius 2 is 2.04 bits per heavy atom. The summed E-state index contributed by atoms with van der Waals surface area (Å²) in [4.78, 5) is 24.8. The molecule has 6 heteroatoms. The Kier molecular flexibility index (Phi) is 4.93. The van der Waals surface area contributed by atoms with Gasteiger partial charge in [0.2, 0.25) is 11.8 Å². The second-order valence-electron chi connectivity index (χ2n) is 6.19. The second-order valence-corrected chi connectivity index (χ2v) is 6.19. The molecule has 1 atom stereocenters. The molecule has 1 heterocycles. The predicted octanol–water partition coefficient (Wildman–Crippen LogP) is 2.45. The summed E-state index contributed by atoms with van der Waals surface area (Å²) in [5.74, 6) is 0.663. The van der Waals surface area contributed by atoms with Crippen molar-refractivity contribution in [2.24, 2.45) is 5.92 Å². The molecule has 2 amide bonds. The molecule has 1 fully saturated rings. The van der Waals surface area contributed by atoms with Crippen LogP contribution in [0.15, 0.2) is 40.9 Å². The standard InChI is InChI=1S/C18H21N3O3/c1-12-10-16(21-24-12)20-18(23)15(11-13-6-3-2-4-7-13)19-17(22)14-8-5-9-14/h2-4,6-7,10,14-15H,5,8-9,11H2,1H3,(H,19,22)(H,20,21,23). The number of nitrogens with one attached hydrogen (secondary N) is 2. The second kappa shape index (κ2) is 7.29. The van der Waals surface area contributed by atoms with Crippen LogP contribution < -0.4 is 10.6 Å². The first-order valence-corrected chi connectivity index (χ1v) is 8.20. The van der Waals surface area contributed by atoms with Crippen molar-refractivity contribution >= 4 is 17.6 Å². The number of carbonyl (C=O) groups is 2. The largest absolute Gasteiger partial charge is 0.360 e. The molecule has 24 heavy (non-hydrogen) atoms. The van der Waals surface area contributed by atoms with Crippen LogP contribution in [-0.2, 0) is 16.0 Å². The summed E-state index contributed by atoms with van der Waals surface area (Å²) in [7, 11) is 0.